The number of methoxy groups -OCH3 is 1. The molecule has 0 saturated heterocycles. The third kappa shape index (κ3) is 2.75. The van der Waals surface area contributed by atoms with Gasteiger partial charge in [-0.1, -0.05) is 13.8 Å². The van der Waals surface area contributed by atoms with Gasteiger partial charge in [0.25, 0.3) is 0 Å². The van der Waals surface area contributed by atoms with E-state index in [4.69, 9.17) is 4.74 Å². The number of rotatable bonds is 5. The summed E-state index contributed by atoms with van der Waals surface area (Å²) in [6.45, 7) is 4.23. The zero-order valence-corrected chi connectivity index (χ0v) is 11.4. The molecule has 0 fully saturated rings. The van der Waals surface area contributed by atoms with E-state index in [0.29, 0.717) is 11.6 Å². The van der Waals surface area contributed by atoms with E-state index in [0.717, 1.165) is 24.0 Å². The van der Waals surface area contributed by atoms with E-state index in [1.54, 1.807) is 6.07 Å². The highest BCUT2D eigenvalue weighted by Crippen LogP contribution is 2.27. The number of anilines is 1. The van der Waals surface area contributed by atoms with Gasteiger partial charge >= 0.3 is 0 Å². The van der Waals surface area contributed by atoms with Crippen molar-refractivity contribution in [3.8, 4) is 5.75 Å². The van der Waals surface area contributed by atoms with Crippen molar-refractivity contribution in [2.75, 3.05) is 12.4 Å². The van der Waals surface area contributed by atoms with Gasteiger partial charge in [-0.15, -0.1) is 0 Å². The van der Waals surface area contributed by atoms with Gasteiger partial charge in [0.1, 0.15) is 12.1 Å². The first-order chi connectivity index (χ1) is 9.19. The number of aromatic nitrogens is 2. The molecule has 0 saturated carbocycles. The minimum Gasteiger partial charge on any atom is -0.494 e. The summed E-state index contributed by atoms with van der Waals surface area (Å²) in [4.78, 5) is 8.34. The van der Waals surface area contributed by atoms with Crippen molar-refractivity contribution in [3.05, 3.63) is 24.3 Å². The highest BCUT2D eigenvalue weighted by Gasteiger charge is 2.12. The molecule has 5 heteroatoms. The molecule has 1 aromatic carbocycles. The zero-order valence-electron chi connectivity index (χ0n) is 11.4. The van der Waals surface area contributed by atoms with Crippen LogP contribution < -0.4 is 10.1 Å². The van der Waals surface area contributed by atoms with Crippen molar-refractivity contribution < 1.29 is 9.13 Å². The highest BCUT2D eigenvalue weighted by molar-refractivity contribution is 5.90. The minimum absolute atomic E-state index is 0.204. The molecule has 0 aliphatic rings. The predicted molar refractivity (Wildman–Crippen MR) is 74.0 cm³/mol. The first-order valence-corrected chi connectivity index (χ1v) is 6.44. The molecule has 102 valence electrons. The van der Waals surface area contributed by atoms with E-state index in [-0.39, 0.29) is 5.75 Å². The van der Waals surface area contributed by atoms with Gasteiger partial charge in [-0.2, -0.15) is 0 Å². The number of nitrogens with one attached hydrogen (secondary N) is 1. The van der Waals surface area contributed by atoms with E-state index in [9.17, 15) is 4.39 Å². The second-order valence-corrected chi connectivity index (χ2v) is 4.38. The van der Waals surface area contributed by atoms with Gasteiger partial charge in [0.2, 0.25) is 0 Å². The first-order valence-electron chi connectivity index (χ1n) is 6.44. The summed E-state index contributed by atoms with van der Waals surface area (Å²) >= 11 is 0. The molecular formula is C14H18FN3O. The molecule has 0 aliphatic heterocycles. The van der Waals surface area contributed by atoms with E-state index in [1.165, 1.54) is 19.5 Å². The van der Waals surface area contributed by atoms with E-state index in [2.05, 4.69) is 29.1 Å². The number of hydrogen-bond donors (Lipinski definition) is 1. The van der Waals surface area contributed by atoms with Gasteiger partial charge in [-0.25, -0.2) is 14.4 Å². The lowest BCUT2D eigenvalue weighted by Crippen LogP contribution is -2.18. The number of nitrogens with zero attached hydrogens (tertiary/aromatic N) is 2. The van der Waals surface area contributed by atoms with Crippen LogP contribution in [0.5, 0.6) is 5.75 Å². The maximum atomic E-state index is 13.6. The van der Waals surface area contributed by atoms with Crippen LogP contribution in [0.3, 0.4) is 0 Å². The number of benzene rings is 1. The molecular weight excluding hydrogens is 245 g/mol. The SMILES string of the molecule is CCC(CC)Nc1ncnc2cc(F)c(OC)cc12. The molecule has 0 spiro atoms. The summed E-state index contributed by atoms with van der Waals surface area (Å²) in [6.07, 6.45) is 3.44. The van der Waals surface area contributed by atoms with Crippen LogP contribution in [0, 0.1) is 5.82 Å². The average molecular weight is 263 g/mol. The van der Waals surface area contributed by atoms with Crippen LogP contribution in [0.1, 0.15) is 26.7 Å². The monoisotopic (exact) mass is 263 g/mol. The summed E-state index contributed by atoms with van der Waals surface area (Å²) in [7, 11) is 1.45. The normalized spacial score (nSPS) is 11.0. The summed E-state index contributed by atoms with van der Waals surface area (Å²) in [5.74, 6) is 0.508. The summed E-state index contributed by atoms with van der Waals surface area (Å²) in [5.41, 5.74) is 0.571. The summed E-state index contributed by atoms with van der Waals surface area (Å²) in [5, 5.41) is 4.13. The van der Waals surface area contributed by atoms with Crippen LogP contribution in [-0.2, 0) is 0 Å². The topological polar surface area (TPSA) is 47.0 Å². The first kappa shape index (κ1) is 13.5. The van der Waals surface area contributed by atoms with Crippen LogP contribution in [0.15, 0.2) is 18.5 Å². The molecule has 0 unspecified atom stereocenters. The van der Waals surface area contributed by atoms with Crippen molar-refractivity contribution in [2.24, 2.45) is 0 Å². The fourth-order valence-corrected chi connectivity index (χ4v) is 2.02. The Kier molecular flexibility index (Phi) is 4.14. The van der Waals surface area contributed by atoms with Crippen molar-refractivity contribution in [1.29, 1.82) is 0 Å². The Hall–Kier alpha value is -1.91. The van der Waals surface area contributed by atoms with Gasteiger partial charge in [-0.3, -0.25) is 0 Å². The lowest BCUT2D eigenvalue weighted by molar-refractivity contribution is 0.387. The third-order valence-corrected chi connectivity index (χ3v) is 3.24. The molecule has 0 aliphatic carbocycles. The Morgan fingerprint density at radius 1 is 1.26 bits per heavy atom. The van der Waals surface area contributed by atoms with Crippen molar-refractivity contribution in [3.63, 3.8) is 0 Å². The molecule has 0 radical (unpaired) electrons. The fourth-order valence-electron chi connectivity index (χ4n) is 2.02. The maximum absolute atomic E-state index is 13.6. The van der Waals surface area contributed by atoms with Crippen LogP contribution in [0.2, 0.25) is 0 Å². The smallest absolute Gasteiger partial charge is 0.167 e. The standard InChI is InChI=1S/C14H18FN3O/c1-4-9(5-2)18-14-10-6-13(19-3)11(15)7-12(10)16-8-17-14/h6-9H,4-5H2,1-3H3,(H,16,17,18). The van der Waals surface area contributed by atoms with Gasteiger partial charge in [0.15, 0.2) is 11.6 Å². The number of ether oxygens (including phenoxy) is 1. The number of hydrogen-bond acceptors (Lipinski definition) is 4. The molecule has 0 bridgehead atoms. The molecule has 0 atom stereocenters. The summed E-state index contributed by atoms with van der Waals surface area (Å²) in [6, 6.07) is 3.35. The van der Waals surface area contributed by atoms with Gasteiger partial charge in [-0.05, 0) is 18.9 Å². The predicted octanol–water partition coefficient (Wildman–Crippen LogP) is 3.38. The Morgan fingerprint density at radius 3 is 2.63 bits per heavy atom. The molecule has 1 aromatic heterocycles. The van der Waals surface area contributed by atoms with E-state index < -0.39 is 5.82 Å². The second kappa shape index (κ2) is 5.82. The van der Waals surface area contributed by atoms with Crippen LogP contribution >= 0.6 is 0 Å². The molecule has 2 aromatic rings. The quantitative estimate of drug-likeness (QED) is 0.898. The lowest BCUT2D eigenvalue weighted by atomic mass is 10.1. The van der Waals surface area contributed by atoms with Crippen molar-refractivity contribution in [2.45, 2.75) is 32.7 Å². The van der Waals surface area contributed by atoms with Gasteiger partial charge in [0.05, 0.1) is 12.6 Å². The van der Waals surface area contributed by atoms with Gasteiger partial charge < -0.3 is 10.1 Å². The Bertz CT molecular complexity index is 570. The second-order valence-electron chi connectivity index (χ2n) is 4.38. The van der Waals surface area contributed by atoms with Crippen LogP contribution in [-0.4, -0.2) is 23.1 Å². The number of halogens is 1. The largest absolute Gasteiger partial charge is 0.494 e. The third-order valence-electron chi connectivity index (χ3n) is 3.24. The molecule has 1 heterocycles. The van der Waals surface area contributed by atoms with Crippen LogP contribution in [0.4, 0.5) is 10.2 Å². The lowest BCUT2D eigenvalue weighted by Gasteiger charge is -2.16. The summed E-state index contributed by atoms with van der Waals surface area (Å²) < 4.78 is 18.6. The molecule has 1 N–H and O–H groups in total. The average Bonchev–Trinajstić information content (AvgIpc) is 2.44. The Morgan fingerprint density at radius 2 is 2.00 bits per heavy atom. The molecule has 2 rings (SSSR count). The van der Waals surface area contributed by atoms with Gasteiger partial charge in [0, 0.05) is 17.5 Å². The highest BCUT2D eigenvalue weighted by atomic mass is 19.1. The van der Waals surface area contributed by atoms with Crippen LogP contribution in [0.25, 0.3) is 10.9 Å². The zero-order chi connectivity index (χ0) is 13.8. The molecule has 4 nitrogen and oxygen atoms in total. The van der Waals surface area contributed by atoms with E-state index >= 15 is 0 Å². The Labute approximate surface area is 112 Å². The Balaban J connectivity index is 2.49. The van der Waals surface area contributed by atoms with Crippen molar-refractivity contribution in [1.82, 2.24) is 9.97 Å². The van der Waals surface area contributed by atoms with E-state index in [1.807, 2.05) is 0 Å². The molecule has 0 amide bonds. The molecule has 19 heavy (non-hydrogen) atoms. The fraction of sp³-hybridized carbons (Fsp3) is 0.429. The van der Waals surface area contributed by atoms with Crippen molar-refractivity contribution >= 4 is 16.7 Å². The maximum Gasteiger partial charge on any atom is 0.167 e. The number of fused-ring (bicyclic) bond motifs is 1. The minimum atomic E-state index is -0.415.